The highest BCUT2D eigenvalue weighted by Crippen LogP contribution is 2.25. The number of carbonyl (C=O) groups excluding carboxylic acids is 2. The number of methoxy groups -OCH3 is 1. The third kappa shape index (κ3) is 6.74. The van der Waals surface area contributed by atoms with Crippen molar-refractivity contribution in [3.05, 3.63) is 116 Å². The minimum atomic E-state index is -0.630. The van der Waals surface area contributed by atoms with Crippen LogP contribution in [0.2, 0.25) is 0 Å². The topological polar surface area (TPSA) is 95.7 Å². The van der Waals surface area contributed by atoms with Crippen molar-refractivity contribution in [1.29, 1.82) is 0 Å². The Kier molecular flexibility index (Phi) is 8.29. The van der Waals surface area contributed by atoms with E-state index in [-0.39, 0.29) is 17.9 Å². The van der Waals surface area contributed by atoms with Gasteiger partial charge in [-0.05, 0) is 65.9 Å². The first-order valence-corrected chi connectivity index (χ1v) is 10.8. The molecule has 0 radical (unpaired) electrons. The van der Waals surface area contributed by atoms with Gasteiger partial charge in [0.15, 0.2) is 0 Å². The highest BCUT2D eigenvalue weighted by atomic mass is 16.6. The smallest absolute Gasteiger partial charge is 0.338 e. The lowest BCUT2D eigenvalue weighted by molar-refractivity contribution is -0.385. The Morgan fingerprint density at radius 3 is 2.26 bits per heavy atom. The maximum Gasteiger partial charge on any atom is 0.338 e. The second-order valence-corrected chi connectivity index (χ2v) is 7.85. The molecule has 3 aromatic rings. The number of aryl methyl sites for hydroxylation is 2. The zero-order chi connectivity index (χ0) is 25.4. The molecule has 0 aliphatic carbocycles. The average molecular weight is 472 g/mol. The molecule has 0 atom stereocenters. The van der Waals surface area contributed by atoms with Gasteiger partial charge in [0.1, 0.15) is 6.61 Å². The lowest BCUT2D eigenvalue weighted by atomic mass is 9.98. The first-order chi connectivity index (χ1) is 16.8. The van der Waals surface area contributed by atoms with Crippen LogP contribution in [0.3, 0.4) is 0 Å². The van der Waals surface area contributed by atoms with Gasteiger partial charge in [-0.3, -0.25) is 10.1 Å². The molecule has 178 valence electrons. The molecule has 0 heterocycles. The summed E-state index contributed by atoms with van der Waals surface area (Å²) in [5, 5.41) is 11.7. The number of hydrogen-bond acceptors (Lipinski definition) is 6. The van der Waals surface area contributed by atoms with Gasteiger partial charge >= 0.3 is 11.9 Å². The van der Waals surface area contributed by atoms with Gasteiger partial charge in [0.05, 0.1) is 23.2 Å². The van der Waals surface area contributed by atoms with Crippen LogP contribution in [0.25, 0.3) is 18.2 Å². The van der Waals surface area contributed by atoms with E-state index in [1.165, 1.54) is 31.4 Å². The van der Waals surface area contributed by atoms with Crippen molar-refractivity contribution in [1.82, 2.24) is 0 Å². The molecule has 7 heteroatoms. The van der Waals surface area contributed by atoms with Gasteiger partial charge in [-0.25, -0.2) is 9.59 Å². The van der Waals surface area contributed by atoms with Gasteiger partial charge < -0.3 is 9.47 Å². The molecule has 0 aliphatic heterocycles. The molecule has 0 amide bonds. The third-order valence-electron chi connectivity index (χ3n) is 5.33. The van der Waals surface area contributed by atoms with Gasteiger partial charge in [-0.1, -0.05) is 48.5 Å². The van der Waals surface area contributed by atoms with Gasteiger partial charge in [0.25, 0.3) is 5.69 Å². The number of ether oxygens (including phenoxy) is 2. The molecule has 0 fully saturated rings. The van der Waals surface area contributed by atoms with Crippen molar-refractivity contribution in [2.45, 2.75) is 20.5 Å². The lowest BCUT2D eigenvalue weighted by Gasteiger charge is -2.08. The summed E-state index contributed by atoms with van der Waals surface area (Å²) < 4.78 is 9.91. The first kappa shape index (κ1) is 25.1. The van der Waals surface area contributed by atoms with E-state index in [1.54, 1.807) is 18.2 Å². The van der Waals surface area contributed by atoms with Crippen molar-refractivity contribution in [2.75, 3.05) is 7.11 Å². The second-order valence-electron chi connectivity index (χ2n) is 7.85. The largest absolute Gasteiger partial charge is 0.466 e. The third-order valence-corrected chi connectivity index (χ3v) is 5.33. The monoisotopic (exact) mass is 471 g/mol. The Balaban J connectivity index is 1.80. The Bertz CT molecular complexity index is 1290. The van der Waals surface area contributed by atoms with Crippen molar-refractivity contribution >= 4 is 35.9 Å². The van der Waals surface area contributed by atoms with E-state index < -0.39 is 16.9 Å². The quantitative estimate of drug-likeness (QED) is 0.133. The minimum Gasteiger partial charge on any atom is -0.466 e. The summed E-state index contributed by atoms with van der Waals surface area (Å²) in [7, 11) is 1.32. The molecule has 0 saturated heterocycles. The minimum absolute atomic E-state index is 0.0820. The molecule has 0 spiro atoms. The molecule has 0 saturated carbocycles. The van der Waals surface area contributed by atoms with Crippen LogP contribution in [0, 0.1) is 24.0 Å². The number of nitrogens with zero attached hydrogens (tertiary/aromatic N) is 1. The van der Waals surface area contributed by atoms with Gasteiger partial charge in [0, 0.05) is 12.1 Å². The number of nitro groups is 1. The second kappa shape index (κ2) is 11.6. The maximum atomic E-state index is 12.4. The summed E-state index contributed by atoms with van der Waals surface area (Å²) in [4.78, 5) is 34.9. The summed E-state index contributed by atoms with van der Waals surface area (Å²) in [5.74, 6) is -1.07. The fraction of sp³-hybridized carbons (Fsp3) is 0.143. The van der Waals surface area contributed by atoms with E-state index in [4.69, 9.17) is 4.74 Å². The van der Waals surface area contributed by atoms with Crippen LogP contribution < -0.4 is 0 Å². The number of rotatable bonds is 8. The molecule has 0 bridgehead atoms. The van der Waals surface area contributed by atoms with Crippen LogP contribution >= 0.6 is 0 Å². The van der Waals surface area contributed by atoms with Crippen LogP contribution in [0.1, 0.15) is 43.7 Å². The molecule has 35 heavy (non-hydrogen) atoms. The molecular formula is C28H25NO6. The Morgan fingerprint density at radius 1 is 0.943 bits per heavy atom. The molecule has 0 aliphatic rings. The van der Waals surface area contributed by atoms with E-state index in [1.807, 2.05) is 56.3 Å². The van der Waals surface area contributed by atoms with E-state index in [0.717, 1.165) is 27.8 Å². The van der Waals surface area contributed by atoms with Crippen LogP contribution in [0.15, 0.2) is 66.7 Å². The molecule has 3 aromatic carbocycles. The number of carbonyl (C=O) groups is 2. The zero-order valence-electron chi connectivity index (χ0n) is 19.7. The van der Waals surface area contributed by atoms with Crippen LogP contribution in [0.5, 0.6) is 0 Å². The summed E-state index contributed by atoms with van der Waals surface area (Å²) in [6.07, 6.45) is 6.46. The summed E-state index contributed by atoms with van der Waals surface area (Å²) in [6, 6.07) is 17.3. The molecule has 7 nitrogen and oxygen atoms in total. The fourth-order valence-corrected chi connectivity index (χ4v) is 3.55. The van der Waals surface area contributed by atoms with Crippen molar-refractivity contribution in [3.63, 3.8) is 0 Å². The van der Waals surface area contributed by atoms with Crippen molar-refractivity contribution < 1.29 is 24.0 Å². The molecule has 3 rings (SSSR count). The Hall–Kier alpha value is -4.52. The number of esters is 2. The lowest BCUT2D eigenvalue weighted by Crippen LogP contribution is -2.06. The Labute approximate surface area is 203 Å². The molecule has 0 unspecified atom stereocenters. The SMILES string of the molecule is COC(=O)/C=C/c1c(C)cc(/C=C/c2ccc(C(=O)OCc3ccccc3)cc2[N+](=O)[O-])cc1C. The van der Waals surface area contributed by atoms with Gasteiger partial charge in [-0.2, -0.15) is 0 Å². The van der Waals surface area contributed by atoms with Gasteiger partial charge in [0.2, 0.25) is 0 Å². The molecular weight excluding hydrogens is 446 g/mol. The molecule has 0 aromatic heterocycles. The van der Waals surface area contributed by atoms with Gasteiger partial charge in [-0.15, -0.1) is 0 Å². The van der Waals surface area contributed by atoms with Crippen molar-refractivity contribution in [2.24, 2.45) is 0 Å². The van der Waals surface area contributed by atoms with Crippen molar-refractivity contribution in [3.8, 4) is 0 Å². The number of nitro benzene ring substituents is 1. The maximum absolute atomic E-state index is 12.4. The summed E-state index contributed by atoms with van der Waals surface area (Å²) in [6.45, 7) is 3.91. The fourth-order valence-electron chi connectivity index (χ4n) is 3.55. The molecule has 0 N–H and O–H groups in total. The summed E-state index contributed by atoms with van der Waals surface area (Å²) in [5.41, 5.74) is 4.73. The van der Waals surface area contributed by atoms with Crippen LogP contribution in [0.4, 0.5) is 5.69 Å². The normalized spacial score (nSPS) is 11.1. The standard InChI is InChI=1S/C28H25NO6/c1-19-15-22(16-20(2)25(19)13-14-27(30)34-3)9-10-23-11-12-24(17-26(23)29(32)33)28(31)35-18-21-7-5-4-6-8-21/h4-17H,18H2,1-3H3/b10-9+,14-13+. The van der Waals surface area contributed by atoms with E-state index in [9.17, 15) is 19.7 Å². The van der Waals surface area contributed by atoms with E-state index in [0.29, 0.717) is 5.56 Å². The number of hydrogen-bond donors (Lipinski definition) is 0. The Morgan fingerprint density at radius 2 is 1.63 bits per heavy atom. The van der Waals surface area contributed by atoms with E-state index >= 15 is 0 Å². The first-order valence-electron chi connectivity index (χ1n) is 10.8. The predicted octanol–water partition coefficient (Wildman–Crippen LogP) is 5.93. The number of benzene rings is 3. The highest BCUT2D eigenvalue weighted by Gasteiger charge is 2.17. The zero-order valence-corrected chi connectivity index (χ0v) is 19.7. The van der Waals surface area contributed by atoms with Crippen LogP contribution in [-0.2, 0) is 20.9 Å². The average Bonchev–Trinajstić information content (AvgIpc) is 2.85. The van der Waals surface area contributed by atoms with Crippen LogP contribution in [-0.4, -0.2) is 24.0 Å². The predicted molar refractivity (Wildman–Crippen MR) is 135 cm³/mol. The summed E-state index contributed by atoms with van der Waals surface area (Å²) >= 11 is 0. The highest BCUT2D eigenvalue weighted by molar-refractivity contribution is 5.91. The van der Waals surface area contributed by atoms with E-state index in [2.05, 4.69) is 4.74 Å².